The zero-order valence-corrected chi connectivity index (χ0v) is 10.9. The lowest BCUT2D eigenvalue weighted by Gasteiger charge is -2.21. The molecule has 0 fully saturated rings. The Balaban J connectivity index is 2.48. The van der Waals surface area contributed by atoms with Gasteiger partial charge in [-0.3, -0.25) is 0 Å². The molecule has 0 aromatic heterocycles. The van der Waals surface area contributed by atoms with Crippen LogP contribution in [-0.4, -0.2) is 7.05 Å². The minimum absolute atomic E-state index is 0.215. The SMILES string of the molecule is CN(c1cccc(F)c1)c1ccc(C#N)c(C(F)(F)F)c1. The lowest BCUT2D eigenvalue weighted by molar-refractivity contribution is -0.137. The van der Waals surface area contributed by atoms with Crippen LogP contribution >= 0.6 is 0 Å². The van der Waals surface area contributed by atoms with Crippen LogP contribution in [0.15, 0.2) is 42.5 Å². The smallest absolute Gasteiger partial charge is 0.345 e. The Hall–Kier alpha value is -2.55. The summed E-state index contributed by atoms with van der Waals surface area (Å²) in [6.45, 7) is 0. The number of alkyl halides is 3. The molecule has 0 bridgehead atoms. The van der Waals surface area contributed by atoms with Crippen molar-refractivity contribution in [1.82, 2.24) is 0 Å². The van der Waals surface area contributed by atoms with Gasteiger partial charge in [0.05, 0.1) is 17.2 Å². The number of hydrogen-bond donors (Lipinski definition) is 0. The Morgan fingerprint density at radius 1 is 1.05 bits per heavy atom. The maximum atomic E-state index is 13.2. The van der Waals surface area contributed by atoms with E-state index in [1.165, 1.54) is 42.3 Å². The fraction of sp³-hybridized carbons (Fsp3) is 0.133. The molecular weight excluding hydrogens is 284 g/mol. The Kier molecular flexibility index (Phi) is 3.85. The third kappa shape index (κ3) is 3.14. The van der Waals surface area contributed by atoms with Crippen molar-refractivity contribution in [2.75, 3.05) is 11.9 Å². The van der Waals surface area contributed by atoms with E-state index in [0.29, 0.717) is 5.69 Å². The lowest BCUT2D eigenvalue weighted by atomic mass is 10.1. The topological polar surface area (TPSA) is 27.0 Å². The highest BCUT2D eigenvalue weighted by atomic mass is 19.4. The molecule has 0 unspecified atom stereocenters. The van der Waals surface area contributed by atoms with Crippen molar-refractivity contribution in [2.45, 2.75) is 6.18 Å². The van der Waals surface area contributed by atoms with Crippen molar-refractivity contribution in [2.24, 2.45) is 0 Å². The van der Waals surface area contributed by atoms with E-state index in [2.05, 4.69) is 0 Å². The van der Waals surface area contributed by atoms with Gasteiger partial charge in [-0.1, -0.05) is 6.07 Å². The van der Waals surface area contributed by atoms with Gasteiger partial charge in [0.1, 0.15) is 5.82 Å². The maximum absolute atomic E-state index is 13.2. The first-order valence-corrected chi connectivity index (χ1v) is 5.93. The Morgan fingerprint density at radius 2 is 1.71 bits per heavy atom. The van der Waals surface area contributed by atoms with Crippen molar-refractivity contribution in [1.29, 1.82) is 5.26 Å². The first-order valence-electron chi connectivity index (χ1n) is 5.93. The van der Waals surface area contributed by atoms with Gasteiger partial charge in [-0.05, 0) is 36.4 Å². The van der Waals surface area contributed by atoms with Gasteiger partial charge < -0.3 is 4.90 Å². The lowest BCUT2D eigenvalue weighted by Crippen LogP contribution is -2.13. The largest absolute Gasteiger partial charge is 0.417 e. The summed E-state index contributed by atoms with van der Waals surface area (Å²) in [6, 6.07) is 10.4. The molecule has 0 heterocycles. The third-order valence-electron chi connectivity index (χ3n) is 3.01. The number of nitrogens with zero attached hydrogens (tertiary/aromatic N) is 2. The Labute approximate surface area is 118 Å². The summed E-state index contributed by atoms with van der Waals surface area (Å²) >= 11 is 0. The predicted molar refractivity (Wildman–Crippen MR) is 70.6 cm³/mol. The van der Waals surface area contributed by atoms with Crippen LogP contribution in [0.5, 0.6) is 0 Å². The average Bonchev–Trinajstić information content (AvgIpc) is 2.45. The van der Waals surface area contributed by atoms with Gasteiger partial charge in [-0.25, -0.2) is 4.39 Å². The monoisotopic (exact) mass is 294 g/mol. The van der Waals surface area contributed by atoms with Crippen LogP contribution in [0.3, 0.4) is 0 Å². The van der Waals surface area contributed by atoms with Crippen LogP contribution in [0.1, 0.15) is 11.1 Å². The number of benzene rings is 2. The van der Waals surface area contributed by atoms with E-state index >= 15 is 0 Å². The highest BCUT2D eigenvalue weighted by Gasteiger charge is 2.34. The van der Waals surface area contributed by atoms with E-state index in [1.807, 2.05) is 0 Å². The third-order valence-corrected chi connectivity index (χ3v) is 3.01. The Bertz CT molecular complexity index is 702. The van der Waals surface area contributed by atoms with E-state index in [-0.39, 0.29) is 5.69 Å². The molecule has 0 amide bonds. The molecule has 0 saturated heterocycles. The van der Waals surface area contributed by atoms with Crippen LogP contribution in [0.4, 0.5) is 28.9 Å². The molecule has 0 radical (unpaired) electrons. The maximum Gasteiger partial charge on any atom is 0.417 e. The molecule has 108 valence electrons. The summed E-state index contributed by atoms with van der Waals surface area (Å²) < 4.78 is 51.9. The summed E-state index contributed by atoms with van der Waals surface area (Å²) in [4.78, 5) is 1.42. The normalized spacial score (nSPS) is 11.0. The summed E-state index contributed by atoms with van der Waals surface area (Å²) in [7, 11) is 1.52. The van der Waals surface area contributed by atoms with E-state index in [0.717, 1.165) is 12.1 Å². The first kappa shape index (κ1) is 14.9. The molecule has 2 rings (SSSR count). The number of halogens is 4. The molecule has 2 nitrogen and oxygen atoms in total. The molecule has 2 aromatic carbocycles. The fourth-order valence-corrected chi connectivity index (χ4v) is 1.91. The van der Waals surface area contributed by atoms with Crippen LogP contribution in [-0.2, 0) is 6.18 Å². The van der Waals surface area contributed by atoms with Crippen LogP contribution in [0, 0.1) is 17.1 Å². The van der Waals surface area contributed by atoms with Gasteiger partial charge in [-0.2, -0.15) is 18.4 Å². The standard InChI is InChI=1S/C15H10F4N2/c1-21(12-4-2-3-11(16)7-12)13-6-5-10(9-20)14(8-13)15(17,18)19/h2-8H,1H3. The minimum atomic E-state index is -4.62. The zero-order valence-electron chi connectivity index (χ0n) is 10.9. The fourth-order valence-electron chi connectivity index (χ4n) is 1.91. The Morgan fingerprint density at radius 3 is 2.29 bits per heavy atom. The summed E-state index contributed by atoms with van der Waals surface area (Å²) in [5.74, 6) is -0.482. The van der Waals surface area contributed by atoms with Gasteiger partial charge in [0.15, 0.2) is 0 Å². The van der Waals surface area contributed by atoms with Crippen LogP contribution in [0.2, 0.25) is 0 Å². The van der Waals surface area contributed by atoms with Gasteiger partial charge >= 0.3 is 6.18 Å². The molecule has 2 aromatic rings. The highest BCUT2D eigenvalue weighted by Crippen LogP contribution is 2.35. The molecule has 0 aliphatic rings. The number of hydrogen-bond acceptors (Lipinski definition) is 2. The first-order chi connectivity index (χ1) is 9.82. The zero-order chi connectivity index (χ0) is 15.6. The molecule has 21 heavy (non-hydrogen) atoms. The highest BCUT2D eigenvalue weighted by molar-refractivity contribution is 5.64. The van der Waals surface area contributed by atoms with E-state index < -0.39 is 23.1 Å². The summed E-state index contributed by atoms with van der Waals surface area (Å²) in [5.41, 5.74) is -0.829. The van der Waals surface area contributed by atoms with Crippen LogP contribution < -0.4 is 4.90 Å². The molecule has 6 heteroatoms. The van der Waals surface area contributed by atoms with Gasteiger partial charge in [0.2, 0.25) is 0 Å². The molecular formula is C15H10F4N2. The second-order valence-electron chi connectivity index (χ2n) is 4.38. The van der Waals surface area contributed by atoms with Gasteiger partial charge in [-0.15, -0.1) is 0 Å². The summed E-state index contributed by atoms with van der Waals surface area (Å²) in [6.07, 6.45) is -4.62. The van der Waals surface area contributed by atoms with Crippen molar-refractivity contribution < 1.29 is 17.6 Å². The molecule has 0 spiro atoms. The van der Waals surface area contributed by atoms with E-state index in [1.54, 1.807) is 6.07 Å². The van der Waals surface area contributed by atoms with Crippen molar-refractivity contribution in [3.05, 3.63) is 59.4 Å². The molecule has 0 N–H and O–H groups in total. The van der Waals surface area contributed by atoms with Crippen molar-refractivity contribution >= 4 is 11.4 Å². The quantitative estimate of drug-likeness (QED) is 0.763. The van der Waals surface area contributed by atoms with Crippen LogP contribution in [0.25, 0.3) is 0 Å². The molecule has 0 aliphatic carbocycles. The number of rotatable bonds is 2. The molecule has 0 aliphatic heterocycles. The van der Waals surface area contributed by atoms with Gasteiger partial charge in [0.25, 0.3) is 0 Å². The number of anilines is 2. The minimum Gasteiger partial charge on any atom is -0.345 e. The van der Waals surface area contributed by atoms with E-state index in [4.69, 9.17) is 5.26 Å². The average molecular weight is 294 g/mol. The molecule has 0 saturated carbocycles. The van der Waals surface area contributed by atoms with Crippen molar-refractivity contribution in [3.8, 4) is 6.07 Å². The van der Waals surface area contributed by atoms with Gasteiger partial charge in [0, 0.05) is 18.4 Å². The van der Waals surface area contributed by atoms with E-state index in [9.17, 15) is 17.6 Å². The van der Waals surface area contributed by atoms with Crippen molar-refractivity contribution in [3.63, 3.8) is 0 Å². The molecule has 0 atom stereocenters. The number of nitriles is 1. The second-order valence-corrected chi connectivity index (χ2v) is 4.38. The summed E-state index contributed by atoms with van der Waals surface area (Å²) in [5, 5.41) is 8.75. The second kappa shape index (κ2) is 5.44. The predicted octanol–water partition coefficient (Wildman–Crippen LogP) is 4.48.